The highest BCUT2D eigenvalue weighted by atomic mass is 32.2. The van der Waals surface area contributed by atoms with Crippen molar-refractivity contribution >= 4 is 17.7 Å². The van der Waals surface area contributed by atoms with E-state index in [2.05, 4.69) is 20.4 Å². The molecule has 2 fully saturated rings. The van der Waals surface area contributed by atoms with Crippen LogP contribution in [-0.4, -0.2) is 71.8 Å². The number of hydrogen-bond donors (Lipinski definition) is 1. The van der Waals surface area contributed by atoms with E-state index in [9.17, 15) is 4.79 Å². The number of aromatic nitrogens is 2. The minimum absolute atomic E-state index is 0.00553. The number of nitrogens with zero attached hydrogens (tertiary/aromatic N) is 3. The van der Waals surface area contributed by atoms with Crippen molar-refractivity contribution in [2.75, 3.05) is 45.2 Å². The summed E-state index contributed by atoms with van der Waals surface area (Å²) in [5, 5.41) is 11.7. The molecule has 2 heterocycles. The summed E-state index contributed by atoms with van der Waals surface area (Å²) in [7, 11) is 0. The number of hydrogen-bond acceptors (Lipinski definition) is 8. The normalized spacial score (nSPS) is 18.9. The lowest BCUT2D eigenvalue weighted by Crippen LogP contribution is -2.59. The van der Waals surface area contributed by atoms with Gasteiger partial charge in [-0.15, -0.1) is 10.2 Å². The predicted octanol–water partition coefficient (Wildman–Crippen LogP) is 3.38. The Hall–Kier alpha value is -2.10. The van der Waals surface area contributed by atoms with E-state index in [1.165, 1.54) is 31.0 Å². The molecule has 2 aliphatic rings. The summed E-state index contributed by atoms with van der Waals surface area (Å²) in [6.07, 6.45) is 5.99. The molecule has 1 N–H and O–H groups in total. The average Bonchev–Trinajstić information content (AvgIpc) is 3.32. The van der Waals surface area contributed by atoms with Crippen LogP contribution in [0.2, 0.25) is 0 Å². The van der Waals surface area contributed by atoms with Gasteiger partial charge in [0.05, 0.1) is 25.6 Å². The minimum atomic E-state index is -0.00553. The smallest absolute Gasteiger partial charge is 0.277 e. The maximum atomic E-state index is 12.6. The summed E-state index contributed by atoms with van der Waals surface area (Å²) in [6.45, 7) is 6.70. The standard InChI is InChI=1S/C23H32N4O4S/c1-2-30-19-8-6-18(7-9-19)21-25-26-22(31-21)32-16-20(28)24-17-23(10-4-3-5-11-23)27-12-14-29-15-13-27/h6-9H,2-5,10-17H2,1H3,(H,24,28). The Labute approximate surface area is 193 Å². The van der Waals surface area contributed by atoms with Crippen molar-refractivity contribution in [3.05, 3.63) is 24.3 Å². The fourth-order valence-corrected chi connectivity index (χ4v) is 5.13. The number of rotatable bonds is 9. The molecule has 1 saturated carbocycles. The van der Waals surface area contributed by atoms with Gasteiger partial charge in [0, 0.05) is 30.7 Å². The van der Waals surface area contributed by atoms with E-state index in [1.54, 1.807) is 0 Å². The van der Waals surface area contributed by atoms with E-state index >= 15 is 0 Å². The number of amides is 1. The van der Waals surface area contributed by atoms with Gasteiger partial charge in [0.2, 0.25) is 11.8 Å². The number of nitrogens with one attached hydrogen (secondary N) is 1. The molecule has 1 aliphatic carbocycles. The molecule has 174 valence electrons. The molecule has 2 aromatic rings. The molecule has 0 spiro atoms. The highest BCUT2D eigenvalue weighted by Crippen LogP contribution is 2.34. The molecule has 1 amide bonds. The number of thioether (sulfide) groups is 1. The lowest BCUT2D eigenvalue weighted by atomic mass is 9.79. The number of ether oxygens (including phenoxy) is 2. The molecular weight excluding hydrogens is 428 g/mol. The van der Waals surface area contributed by atoms with Crippen LogP contribution < -0.4 is 10.1 Å². The van der Waals surface area contributed by atoms with Gasteiger partial charge < -0.3 is 19.2 Å². The summed E-state index contributed by atoms with van der Waals surface area (Å²) in [4.78, 5) is 15.1. The number of benzene rings is 1. The van der Waals surface area contributed by atoms with E-state index in [0.717, 1.165) is 50.5 Å². The summed E-state index contributed by atoms with van der Waals surface area (Å²) >= 11 is 1.27. The summed E-state index contributed by atoms with van der Waals surface area (Å²) in [6, 6.07) is 7.52. The van der Waals surface area contributed by atoms with Crippen molar-refractivity contribution in [1.82, 2.24) is 20.4 Å². The minimum Gasteiger partial charge on any atom is -0.494 e. The predicted molar refractivity (Wildman–Crippen MR) is 123 cm³/mol. The topological polar surface area (TPSA) is 89.7 Å². The fourth-order valence-electron chi connectivity index (χ4n) is 4.54. The molecular formula is C23H32N4O4S. The molecule has 1 aliphatic heterocycles. The van der Waals surface area contributed by atoms with E-state index < -0.39 is 0 Å². The zero-order valence-electron chi connectivity index (χ0n) is 18.7. The maximum absolute atomic E-state index is 12.6. The molecule has 32 heavy (non-hydrogen) atoms. The first-order chi connectivity index (χ1) is 15.7. The highest BCUT2D eigenvalue weighted by molar-refractivity contribution is 7.99. The Morgan fingerprint density at radius 3 is 2.62 bits per heavy atom. The third kappa shape index (κ3) is 5.82. The van der Waals surface area contributed by atoms with Crippen molar-refractivity contribution in [3.63, 3.8) is 0 Å². The third-order valence-corrected chi connectivity index (χ3v) is 7.04. The summed E-state index contributed by atoms with van der Waals surface area (Å²) < 4.78 is 16.7. The molecule has 1 saturated heterocycles. The van der Waals surface area contributed by atoms with Crippen LogP contribution in [0.25, 0.3) is 11.5 Å². The Balaban J connectivity index is 1.28. The Morgan fingerprint density at radius 1 is 1.16 bits per heavy atom. The van der Waals surface area contributed by atoms with Gasteiger partial charge in [-0.25, -0.2) is 0 Å². The average molecular weight is 461 g/mol. The van der Waals surface area contributed by atoms with Crippen LogP contribution in [-0.2, 0) is 9.53 Å². The zero-order chi connectivity index (χ0) is 22.2. The van der Waals surface area contributed by atoms with E-state index in [1.807, 2.05) is 31.2 Å². The van der Waals surface area contributed by atoms with Crippen LogP contribution in [0.5, 0.6) is 5.75 Å². The van der Waals surface area contributed by atoms with Gasteiger partial charge in [-0.1, -0.05) is 31.0 Å². The van der Waals surface area contributed by atoms with Gasteiger partial charge >= 0.3 is 0 Å². The first-order valence-corrected chi connectivity index (χ1v) is 12.5. The molecule has 0 atom stereocenters. The van der Waals surface area contributed by atoms with E-state index in [-0.39, 0.29) is 17.2 Å². The number of morpholine rings is 1. The summed E-state index contributed by atoms with van der Waals surface area (Å²) in [5.41, 5.74) is 0.884. The fraction of sp³-hybridized carbons (Fsp3) is 0.609. The molecule has 1 aromatic carbocycles. The van der Waals surface area contributed by atoms with Gasteiger partial charge in [-0.05, 0) is 44.0 Å². The van der Waals surface area contributed by atoms with E-state index in [4.69, 9.17) is 13.9 Å². The molecule has 0 bridgehead atoms. The first-order valence-electron chi connectivity index (χ1n) is 11.5. The molecule has 8 nitrogen and oxygen atoms in total. The Morgan fingerprint density at radius 2 is 1.91 bits per heavy atom. The van der Waals surface area contributed by atoms with Crippen LogP contribution in [0.4, 0.5) is 0 Å². The van der Waals surface area contributed by atoms with Crippen LogP contribution >= 0.6 is 11.8 Å². The van der Waals surface area contributed by atoms with Gasteiger partial charge in [0.25, 0.3) is 5.22 Å². The largest absolute Gasteiger partial charge is 0.494 e. The monoisotopic (exact) mass is 460 g/mol. The second-order valence-electron chi connectivity index (χ2n) is 8.28. The number of carbonyl (C=O) groups excluding carboxylic acids is 1. The third-order valence-electron chi connectivity index (χ3n) is 6.23. The SMILES string of the molecule is CCOc1ccc(-c2nnc(SCC(=O)NCC3(N4CCOCC4)CCCCC3)o2)cc1. The second-order valence-corrected chi connectivity index (χ2v) is 9.21. The van der Waals surface area contributed by atoms with Crippen molar-refractivity contribution in [3.8, 4) is 17.2 Å². The zero-order valence-corrected chi connectivity index (χ0v) is 19.5. The first kappa shape index (κ1) is 23.1. The van der Waals surface area contributed by atoms with Crippen LogP contribution in [0.3, 0.4) is 0 Å². The van der Waals surface area contributed by atoms with Crippen molar-refractivity contribution in [2.45, 2.75) is 49.8 Å². The Bertz CT molecular complexity index is 861. The van der Waals surface area contributed by atoms with Gasteiger partial charge in [0.1, 0.15) is 5.75 Å². The molecule has 4 rings (SSSR count). The maximum Gasteiger partial charge on any atom is 0.277 e. The van der Waals surface area contributed by atoms with Crippen LogP contribution in [0, 0.1) is 0 Å². The number of carbonyl (C=O) groups is 1. The lowest BCUT2D eigenvalue weighted by molar-refractivity contribution is -0.119. The van der Waals surface area contributed by atoms with Crippen molar-refractivity contribution < 1.29 is 18.7 Å². The van der Waals surface area contributed by atoms with Gasteiger partial charge in [0.15, 0.2) is 0 Å². The Kier molecular flexibility index (Phi) is 8.05. The molecule has 0 radical (unpaired) electrons. The van der Waals surface area contributed by atoms with Crippen molar-refractivity contribution in [2.24, 2.45) is 0 Å². The lowest BCUT2D eigenvalue weighted by Gasteiger charge is -2.48. The molecule has 9 heteroatoms. The van der Waals surface area contributed by atoms with Crippen LogP contribution in [0.15, 0.2) is 33.9 Å². The van der Waals surface area contributed by atoms with Gasteiger partial charge in [-0.2, -0.15) is 0 Å². The molecule has 1 aromatic heterocycles. The van der Waals surface area contributed by atoms with Crippen LogP contribution in [0.1, 0.15) is 39.0 Å². The van der Waals surface area contributed by atoms with E-state index in [0.29, 0.717) is 24.3 Å². The quantitative estimate of drug-likeness (QED) is 0.570. The molecule has 0 unspecified atom stereocenters. The summed E-state index contributed by atoms with van der Waals surface area (Å²) in [5.74, 6) is 1.48. The van der Waals surface area contributed by atoms with Gasteiger partial charge in [-0.3, -0.25) is 9.69 Å². The van der Waals surface area contributed by atoms with Crippen molar-refractivity contribution in [1.29, 1.82) is 0 Å². The second kappa shape index (κ2) is 11.2. The highest BCUT2D eigenvalue weighted by Gasteiger charge is 2.38.